The van der Waals surface area contributed by atoms with E-state index in [1.54, 1.807) is 0 Å². The van der Waals surface area contributed by atoms with Gasteiger partial charge >= 0.3 is 6.18 Å². The molecule has 0 spiro atoms. The maximum atomic E-state index is 13.0. The van der Waals surface area contributed by atoms with Crippen LogP contribution in [0.4, 0.5) is 19.0 Å². The fraction of sp³-hybridized carbons (Fsp3) is 0.750. The number of nitrogens with zero attached hydrogens (tertiary/aromatic N) is 2. The van der Waals surface area contributed by atoms with Crippen LogP contribution in [0.2, 0.25) is 0 Å². The normalized spacial score (nSPS) is 20.1. The topological polar surface area (TPSA) is 29.9 Å². The molecule has 2 heterocycles. The number of hydrogen-bond donors (Lipinski definition) is 1. The van der Waals surface area contributed by atoms with Gasteiger partial charge in [-0.3, -0.25) is 0 Å². The molecular weight excluding hydrogens is 323 g/mol. The third-order valence-electron chi connectivity index (χ3n) is 3.00. The Labute approximate surface area is 118 Å². The molecule has 0 aromatic carbocycles. The summed E-state index contributed by atoms with van der Waals surface area (Å²) in [6, 6.07) is -1.53. The molecule has 0 aliphatic carbocycles. The molecule has 0 saturated heterocycles. The maximum absolute atomic E-state index is 13.0. The van der Waals surface area contributed by atoms with E-state index >= 15 is 0 Å². The lowest BCUT2D eigenvalue weighted by molar-refractivity contribution is -0.171. The minimum Gasteiger partial charge on any atom is -0.369 e. The van der Waals surface area contributed by atoms with Crippen LogP contribution in [0, 0.1) is 5.41 Å². The Kier molecular flexibility index (Phi) is 3.62. The predicted octanol–water partition coefficient (Wildman–Crippen LogP) is 4.15. The first-order valence-corrected chi connectivity index (χ1v) is 6.96. The van der Waals surface area contributed by atoms with Crippen LogP contribution >= 0.6 is 15.9 Å². The number of alkyl halides is 3. The number of halogens is 4. The molecule has 0 fully saturated rings. The van der Waals surface area contributed by atoms with E-state index in [2.05, 4.69) is 26.3 Å². The smallest absolute Gasteiger partial charge is 0.369 e. The zero-order chi connectivity index (χ0) is 14.4. The zero-order valence-electron chi connectivity index (χ0n) is 11.1. The molecule has 19 heavy (non-hydrogen) atoms. The second-order valence-corrected chi connectivity index (χ2v) is 6.86. The number of hydrogen-bond acceptors (Lipinski definition) is 2. The molecule has 1 aromatic rings. The van der Waals surface area contributed by atoms with E-state index in [1.807, 2.05) is 20.8 Å². The molecule has 1 atom stereocenters. The molecule has 0 amide bonds. The van der Waals surface area contributed by atoms with Crippen molar-refractivity contribution in [3.05, 3.63) is 10.2 Å². The number of aromatic nitrogens is 2. The Morgan fingerprint density at radius 3 is 2.53 bits per heavy atom. The van der Waals surface area contributed by atoms with Gasteiger partial charge < -0.3 is 5.32 Å². The van der Waals surface area contributed by atoms with Crippen molar-refractivity contribution in [2.45, 2.75) is 45.8 Å². The lowest BCUT2D eigenvalue weighted by Crippen LogP contribution is -2.34. The van der Waals surface area contributed by atoms with Gasteiger partial charge in [0.25, 0.3) is 0 Å². The summed E-state index contributed by atoms with van der Waals surface area (Å²) in [6.45, 7) is 6.41. The minimum absolute atomic E-state index is 0.0135. The highest BCUT2D eigenvalue weighted by molar-refractivity contribution is 9.10. The van der Waals surface area contributed by atoms with Crippen LogP contribution in [-0.4, -0.2) is 22.5 Å². The monoisotopic (exact) mass is 339 g/mol. The molecule has 1 unspecified atom stereocenters. The second-order valence-electron chi connectivity index (χ2n) is 6.06. The molecule has 3 nitrogen and oxygen atoms in total. The quantitative estimate of drug-likeness (QED) is 0.832. The second kappa shape index (κ2) is 4.68. The van der Waals surface area contributed by atoms with E-state index in [9.17, 15) is 13.2 Å². The number of fused-ring (bicyclic) bond motifs is 1. The van der Waals surface area contributed by atoms with Crippen molar-refractivity contribution in [2.24, 2.45) is 5.41 Å². The van der Waals surface area contributed by atoms with Gasteiger partial charge in [-0.2, -0.15) is 18.3 Å². The maximum Gasteiger partial charge on any atom is 0.410 e. The first kappa shape index (κ1) is 14.7. The van der Waals surface area contributed by atoms with E-state index in [1.165, 1.54) is 0 Å². The van der Waals surface area contributed by atoms with E-state index in [4.69, 9.17) is 0 Å². The van der Waals surface area contributed by atoms with Crippen molar-refractivity contribution in [2.75, 3.05) is 11.9 Å². The van der Waals surface area contributed by atoms with Crippen LogP contribution < -0.4 is 5.32 Å². The Bertz CT molecular complexity index is 474. The van der Waals surface area contributed by atoms with Crippen LogP contribution in [0.5, 0.6) is 0 Å². The number of rotatable bonds is 1. The predicted molar refractivity (Wildman–Crippen MR) is 71.3 cm³/mol. The molecule has 1 aliphatic heterocycles. The molecule has 1 aliphatic rings. The number of anilines is 1. The summed E-state index contributed by atoms with van der Waals surface area (Å²) in [4.78, 5) is 0. The van der Waals surface area contributed by atoms with E-state index in [-0.39, 0.29) is 11.8 Å². The Morgan fingerprint density at radius 1 is 1.37 bits per heavy atom. The Balaban J connectivity index is 2.41. The lowest BCUT2D eigenvalue weighted by Gasteiger charge is -2.27. The van der Waals surface area contributed by atoms with Crippen molar-refractivity contribution in [3.63, 3.8) is 0 Å². The van der Waals surface area contributed by atoms with Gasteiger partial charge in [0.05, 0.1) is 10.2 Å². The summed E-state index contributed by atoms with van der Waals surface area (Å²) >= 11 is 3.37. The van der Waals surface area contributed by atoms with E-state index in [0.717, 1.165) is 4.68 Å². The fourth-order valence-electron chi connectivity index (χ4n) is 2.21. The average molecular weight is 340 g/mol. The number of nitrogens with one attached hydrogen (secondary N) is 1. The zero-order valence-corrected chi connectivity index (χ0v) is 12.7. The summed E-state index contributed by atoms with van der Waals surface area (Å²) in [7, 11) is 0. The first-order chi connectivity index (χ1) is 8.59. The molecule has 7 heteroatoms. The molecular formula is C12H17BrF3N3. The summed E-state index contributed by atoms with van der Waals surface area (Å²) in [6.07, 6.45) is -3.62. The highest BCUT2D eigenvalue weighted by Gasteiger charge is 2.44. The third-order valence-corrected chi connectivity index (χ3v) is 3.83. The van der Waals surface area contributed by atoms with Gasteiger partial charge in [0.1, 0.15) is 5.82 Å². The summed E-state index contributed by atoms with van der Waals surface area (Å²) in [5.41, 5.74) is 0.645. The SMILES string of the molecule is CC(C)(C)Cc1nn2c(c1Br)NCCC2C(F)(F)F. The minimum atomic E-state index is -4.26. The molecule has 0 radical (unpaired) electrons. The molecule has 1 N–H and O–H groups in total. The third kappa shape index (κ3) is 3.07. The Hall–Kier alpha value is -0.720. The van der Waals surface area contributed by atoms with Crippen molar-refractivity contribution in [3.8, 4) is 0 Å². The Morgan fingerprint density at radius 2 is 2.00 bits per heavy atom. The van der Waals surface area contributed by atoms with Gasteiger partial charge in [0, 0.05) is 6.54 Å². The molecule has 1 aromatic heterocycles. The van der Waals surface area contributed by atoms with Gasteiger partial charge in [-0.15, -0.1) is 0 Å². The standard InChI is InChI=1S/C12H17BrF3N3/c1-11(2,3)6-7-9(13)10-17-5-4-8(12(14,15)16)19(10)18-7/h8,17H,4-6H2,1-3H3. The summed E-state index contributed by atoms with van der Waals surface area (Å²) in [5.74, 6) is 0.438. The molecule has 108 valence electrons. The largest absolute Gasteiger partial charge is 0.410 e. The van der Waals surface area contributed by atoms with Crippen LogP contribution in [-0.2, 0) is 6.42 Å². The van der Waals surface area contributed by atoms with Gasteiger partial charge in [-0.1, -0.05) is 20.8 Å². The van der Waals surface area contributed by atoms with Crippen molar-refractivity contribution in [1.29, 1.82) is 0 Å². The van der Waals surface area contributed by atoms with Gasteiger partial charge in [-0.25, -0.2) is 4.68 Å². The fourth-order valence-corrected chi connectivity index (χ4v) is 2.75. The van der Waals surface area contributed by atoms with Crippen molar-refractivity contribution < 1.29 is 13.2 Å². The summed E-state index contributed by atoms with van der Waals surface area (Å²) < 4.78 is 40.7. The highest BCUT2D eigenvalue weighted by Crippen LogP contribution is 2.41. The van der Waals surface area contributed by atoms with Gasteiger partial charge in [0.15, 0.2) is 6.04 Å². The van der Waals surface area contributed by atoms with Crippen LogP contribution in [0.1, 0.15) is 38.9 Å². The summed E-state index contributed by atoms with van der Waals surface area (Å²) in [5, 5.41) is 7.16. The van der Waals surface area contributed by atoms with Crippen molar-refractivity contribution >= 4 is 21.7 Å². The van der Waals surface area contributed by atoms with Gasteiger partial charge in [0.2, 0.25) is 0 Å². The highest BCUT2D eigenvalue weighted by atomic mass is 79.9. The molecule has 0 bridgehead atoms. The lowest BCUT2D eigenvalue weighted by atomic mass is 9.91. The van der Waals surface area contributed by atoms with Gasteiger partial charge in [-0.05, 0) is 34.2 Å². The van der Waals surface area contributed by atoms with Crippen LogP contribution in [0.25, 0.3) is 0 Å². The van der Waals surface area contributed by atoms with Crippen LogP contribution in [0.3, 0.4) is 0 Å². The van der Waals surface area contributed by atoms with Crippen molar-refractivity contribution in [1.82, 2.24) is 9.78 Å². The van der Waals surface area contributed by atoms with Crippen LogP contribution in [0.15, 0.2) is 4.47 Å². The molecule has 2 rings (SSSR count). The first-order valence-electron chi connectivity index (χ1n) is 6.17. The van der Waals surface area contributed by atoms with E-state index < -0.39 is 12.2 Å². The average Bonchev–Trinajstić information content (AvgIpc) is 2.52. The van der Waals surface area contributed by atoms with E-state index in [0.29, 0.717) is 29.0 Å². The molecule has 0 saturated carbocycles.